The van der Waals surface area contributed by atoms with Gasteiger partial charge in [0.05, 0.1) is 0 Å². The first kappa shape index (κ1) is 41.6. The molecule has 0 saturated carbocycles. The fraction of sp³-hybridized carbons (Fsp3) is 0.692. The van der Waals surface area contributed by atoms with Gasteiger partial charge < -0.3 is 0 Å². The van der Waals surface area contributed by atoms with Crippen molar-refractivity contribution in [3.63, 3.8) is 0 Å². The average molecular weight is 880 g/mol. The van der Waals surface area contributed by atoms with Crippen LogP contribution in [0, 0.1) is 0 Å². The summed E-state index contributed by atoms with van der Waals surface area (Å²) in [6, 6.07) is 22.0. The van der Waals surface area contributed by atoms with Crippen molar-refractivity contribution < 1.29 is 0 Å². The van der Waals surface area contributed by atoms with Crippen LogP contribution in [0.5, 0.6) is 0 Å². The van der Waals surface area contributed by atoms with E-state index < -0.39 is 19.5 Å². The number of hydrogen-bond acceptors (Lipinski definition) is 0. The Balaban J connectivity index is 1.59. The zero-order chi connectivity index (χ0) is 40.1. The van der Waals surface area contributed by atoms with Gasteiger partial charge in [-0.2, -0.15) is 0 Å². The first-order valence-electron chi connectivity index (χ1n) is 24.8. The van der Waals surface area contributed by atoms with E-state index in [-0.39, 0.29) is 21.7 Å². The third kappa shape index (κ3) is 5.54. The van der Waals surface area contributed by atoms with E-state index in [4.69, 9.17) is 0 Å². The predicted octanol–water partition coefficient (Wildman–Crippen LogP) is 14.7. The van der Waals surface area contributed by atoms with Gasteiger partial charge in [-0.05, 0) is 0 Å². The summed E-state index contributed by atoms with van der Waals surface area (Å²) in [7, 11) is 0. The summed E-state index contributed by atoms with van der Waals surface area (Å²) in [4.78, 5) is 0. The van der Waals surface area contributed by atoms with Gasteiger partial charge in [-0.3, -0.25) is 0 Å². The van der Waals surface area contributed by atoms with Crippen LogP contribution < -0.4 is 0 Å². The molecule has 0 saturated heterocycles. The molecule has 4 aliphatic rings. The summed E-state index contributed by atoms with van der Waals surface area (Å²) >= 11 is -4.27. The monoisotopic (exact) mass is 881 g/mol. The summed E-state index contributed by atoms with van der Waals surface area (Å²) < 4.78 is 13.2. The third-order valence-corrected chi connectivity index (χ3v) is 28.7. The van der Waals surface area contributed by atoms with E-state index in [1.807, 2.05) is 0 Å². The van der Waals surface area contributed by atoms with E-state index in [1.54, 1.807) is 45.6 Å². The standard InChI is InChI=1S/C52H80N4.Sn/c1-9-17-33-49(34-18-10-2)41-25-27-43(53-41)50(35-19-11-3,36-20-12-4)45-29-31-47(55-45)52(39-23-15-7,40-24-16-8)48-32-30-46(56-48)51(37-21-13-5,38-22-14-6)44-28-26-42(49)54-44;/h25-32H,9-24,33-40H2,1-8H3;/q-4;+4. The molecular formula is C52H80N4Sn. The van der Waals surface area contributed by atoms with Crippen molar-refractivity contribution in [1.29, 1.82) is 0 Å². The molecule has 0 fully saturated rings. The SMILES string of the molecule is CCCCC1(CCCC)c2ccc3[n]2[Sn]24[n]5c1ccc5C(CCCC)(CCCC)c1ccc([n]12)C(CCCC)(CCCC)c1ccc([n]14)C3(CCCC)CCCC. The summed E-state index contributed by atoms with van der Waals surface area (Å²) in [6.07, 6.45) is 30.5. The Kier molecular flexibility index (Phi) is 12.0. The number of hydrogen-bond donors (Lipinski definition) is 0. The van der Waals surface area contributed by atoms with Crippen LogP contribution in [0.3, 0.4) is 0 Å². The molecule has 57 heavy (non-hydrogen) atoms. The first-order chi connectivity index (χ1) is 27.9. The van der Waals surface area contributed by atoms with Crippen molar-refractivity contribution in [2.45, 2.75) is 231 Å². The van der Waals surface area contributed by atoms with E-state index in [1.165, 1.54) is 154 Å². The maximum atomic E-state index is 3.30. The summed E-state index contributed by atoms with van der Waals surface area (Å²) in [6.45, 7) is 19.5. The zero-order valence-corrected chi connectivity index (χ0v) is 40.7. The Morgan fingerprint density at radius 2 is 0.421 bits per heavy atom. The van der Waals surface area contributed by atoms with Crippen LogP contribution in [0.1, 0.15) is 255 Å². The van der Waals surface area contributed by atoms with Crippen molar-refractivity contribution in [3.05, 3.63) is 94.1 Å². The van der Waals surface area contributed by atoms with Crippen LogP contribution in [0.2, 0.25) is 0 Å². The molecule has 1 spiro atoms. The molecule has 0 radical (unpaired) electrons. The van der Waals surface area contributed by atoms with E-state index in [0.717, 1.165) is 0 Å². The predicted molar refractivity (Wildman–Crippen MR) is 244 cm³/mol. The van der Waals surface area contributed by atoms with Crippen molar-refractivity contribution in [1.82, 2.24) is 11.2 Å². The minimum absolute atomic E-state index is 0.0434. The number of aromatic nitrogens is 4. The van der Waals surface area contributed by atoms with Crippen LogP contribution in [0.15, 0.2) is 48.5 Å². The fourth-order valence-electron chi connectivity index (χ4n) is 13.5. The Morgan fingerprint density at radius 3 is 0.544 bits per heavy atom. The van der Waals surface area contributed by atoms with E-state index >= 15 is 0 Å². The second-order valence-electron chi connectivity index (χ2n) is 19.5. The van der Waals surface area contributed by atoms with Gasteiger partial charge in [0, 0.05) is 0 Å². The van der Waals surface area contributed by atoms with Gasteiger partial charge in [-0.15, -0.1) is 0 Å². The molecule has 0 bridgehead atoms. The van der Waals surface area contributed by atoms with Gasteiger partial charge in [-0.1, -0.05) is 0 Å². The van der Waals surface area contributed by atoms with Crippen LogP contribution in [-0.2, 0) is 21.7 Å². The summed E-state index contributed by atoms with van der Waals surface area (Å²) in [5, 5.41) is 0. The second-order valence-corrected chi connectivity index (χ2v) is 28.0. The Morgan fingerprint density at radius 1 is 0.281 bits per heavy atom. The molecule has 5 heteroatoms. The molecule has 0 amide bonds. The van der Waals surface area contributed by atoms with Gasteiger partial charge in [-0.25, -0.2) is 0 Å². The van der Waals surface area contributed by atoms with Gasteiger partial charge in [0.15, 0.2) is 0 Å². The van der Waals surface area contributed by atoms with Gasteiger partial charge in [0.25, 0.3) is 0 Å². The van der Waals surface area contributed by atoms with Crippen molar-refractivity contribution in [2.24, 2.45) is 0 Å². The molecule has 4 nitrogen and oxygen atoms in total. The quantitative estimate of drug-likeness (QED) is 0.0625. The zero-order valence-electron chi connectivity index (χ0n) is 37.9. The molecule has 4 aromatic heterocycles. The van der Waals surface area contributed by atoms with Crippen molar-refractivity contribution in [2.75, 3.05) is 0 Å². The van der Waals surface area contributed by atoms with Crippen LogP contribution in [0.25, 0.3) is 0 Å². The van der Waals surface area contributed by atoms with Gasteiger partial charge >= 0.3 is 356 Å². The van der Waals surface area contributed by atoms with Gasteiger partial charge in [0.2, 0.25) is 0 Å². The van der Waals surface area contributed by atoms with Crippen molar-refractivity contribution in [3.8, 4) is 0 Å². The third-order valence-electron chi connectivity index (χ3n) is 16.3. The average Bonchev–Trinajstić information content (AvgIpc) is 4.07. The number of nitrogens with zero attached hydrogens (tertiary/aromatic N) is 4. The molecule has 0 unspecified atom stereocenters. The molecule has 0 aliphatic carbocycles. The molecular weight excluding hydrogens is 799 g/mol. The normalized spacial score (nSPS) is 18.8. The van der Waals surface area contributed by atoms with Gasteiger partial charge in [0.1, 0.15) is 0 Å². The topological polar surface area (TPSA) is 19.7 Å². The first-order valence-corrected chi connectivity index (χ1v) is 29.9. The van der Waals surface area contributed by atoms with Crippen molar-refractivity contribution >= 4 is 19.5 Å². The Labute approximate surface area is 353 Å². The molecule has 4 aliphatic heterocycles. The minimum atomic E-state index is -4.27. The van der Waals surface area contributed by atoms with E-state index in [9.17, 15) is 0 Å². The van der Waals surface area contributed by atoms with Crippen LogP contribution in [-0.4, -0.2) is 30.6 Å². The molecule has 0 atom stereocenters. The Bertz CT molecular complexity index is 1580. The van der Waals surface area contributed by atoms with Crippen LogP contribution >= 0.6 is 0 Å². The second kappa shape index (κ2) is 16.4. The number of unbranched alkanes of at least 4 members (excludes halogenated alkanes) is 8. The molecule has 8 rings (SSSR count). The Hall–Kier alpha value is -2.08. The molecule has 8 heterocycles. The summed E-state index contributed by atoms with van der Waals surface area (Å²) in [5.41, 5.74) is 13.9. The molecule has 0 aromatic carbocycles. The van der Waals surface area contributed by atoms with E-state index in [0.29, 0.717) is 0 Å². The molecule has 0 N–H and O–H groups in total. The maximum absolute atomic E-state index is 4.27. The van der Waals surface area contributed by atoms with Crippen LogP contribution in [0.4, 0.5) is 0 Å². The van der Waals surface area contributed by atoms with E-state index in [2.05, 4.69) is 115 Å². The molecule has 4 aromatic rings. The number of rotatable bonds is 24. The summed E-state index contributed by atoms with van der Waals surface area (Å²) in [5.74, 6) is 0. The molecule has 312 valence electrons. The fourth-order valence-corrected chi connectivity index (χ4v) is 30.9.